The molecule has 35 heavy (non-hydrogen) atoms. The second-order valence-corrected chi connectivity index (χ2v) is 7.99. The number of nitrogens with zero attached hydrogens (tertiary/aromatic N) is 1. The van der Waals surface area contributed by atoms with Crippen molar-refractivity contribution in [1.82, 2.24) is 0 Å². The van der Waals surface area contributed by atoms with Crippen LogP contribution >= 0.6 is 15.9 Å². The highest BCUT2D eigenvalue weighted by Gasteiger charge is 2.15. The molecule has 8 nitrogen and oxygen atoms in total. The number of amides is 1. The van der Waals surface area contributed by atoms with Gasteiger partial charge in [-0.2, -0.15) is 5.26 Å². The number of nitriles is 1. The highest BCUT2D eigenvalue weighted by Crippen LogP contribution is 2.37. The van der Waals surface area contributed by atoms with E-state index in [-0.39, 0.29) is 17.1 Å². The average Bonchev–Trinajstić information content (AvgIpc) is 2.86. The molecule has 0 unspecified atom stereocenters. The van der Waals surface area contributed by atoms with Crippen molar-refractivity contribution in [3.8, 4) is 23.3 Å². The van der Waals surface area contributed by atoms with Gasteiger partial charge in [0.15, 0.2) is 18.1 Å². The van der Waals surface area contributed by atoms with E-state index in [0.29, 0.717) is 28.1 Å². The zero-order valence-electron chi connectivity index (χ0n) is 18.7. The summed E-state index contributed by atoms with van der Waals surface area (Å²) in [6, 6.07) is 21.6. The van der Waals surface area contributed by atoms with Crippen LogP contribution in [0.25, 0.3) is 6.08 Å². The zero-order valence-corrected chi connectivity index (χ0v) is 20.2. The highest BCUT2D eigenvalue weighted by atomic mass is 79.9. The molecule has 0 saturated heterocycles. The largest absolute Gasteiger partial charge is 0.493 e. The molecule has 0 saturated carbocycles. The van der Waals surface area contributed by atoms with Gasteiger partial charge >= 0.3 is 5.97 Å². The van der Waals surface area contributed by atoms with Crippen LogP contribution in [-0.4, -0.2) is 30.7 Å². The average molecular weight is 537 g/mol. The number of rotatable bonds is 10. The standard InChI is InChI=1S/C26H21BrN2O6/c1-33-23-13-18(12-22(27)25(23)35-16-24(30)31)11-19(14-28)26(32)29-20-7-9-21(10-8-20)34-15-17-5-3-2-4-6-17/h2-13H,15-16H2,1H3,(H,29,32)(H,30,31)/b19-11+. The molecule has 3 rings (SSSR count). The lowest BCUT2D eigenvalue weighted by Crippen LogP contribution is -2.13. The zero-order chi connectivity index (χ0) is 25.2. The molecule has 0 spiro atoms. The fourth-order valence-electron chi connectivity index (χ4n) is 2.99. The number of carbonyl (C=O) groups is 2. The molecule has 0 aliphatic carbocycles. The molecule has 3 aromatic carbocycles. The summed E-state index contributed by atoms with van der Waals surface area (Å²) in [5.74, 6) is -0.640. The Morgan fingerprint density at radius 1 is 1.09 bits per heavy atom. The van der Waals surface area contributed by atoms with Gasteiger partial charge in [-0.3, -0.25) is 4.79 Å². The summed E-state index contributed by atoms with van der Waals surface area (Å²) in [5.41, 5.74) is 1.88. The summed E-state index contributed by atoms with van der Waals surface area (Å²) in [4.78, 5) is 23.5. The lowest BCUT2D eigenvalue weighted by Gasteiger charge is -2.12. The van der Waals surface area contributed by atoms with Crippen molar-refractivity contribution in [2.75, 3.05) is 19.0 Å². The first-order valence-electron chi connectivity index (χ1n) is 10.3. The molecule has 9 heteroatoms. The second-order valence-electron chi connectivity index (χ2n) is 7.14. The summed E-state index contributed by atoms with van der Waals surface area (Å²) in [7, 11) is 1.40. The fraction of sp³-hybridized carbons (Fsp3) is 0.115. The Morgan fingerprint density at radius 2 is 1.80 bits per heavy atom. The van der Waals surface area contributed by atoms with Crippen molar-refractivity contribution in [1.29, 1.82) is 5.26 Å². The minimum Gasteiger partial charge on any atom is -0.493 e. The van der Waals surface area contributed by atoms with E-state index in [9.17, 15) is 14.9 Å². The number of aliphatic carboxylic acids is 1. The maximum atomic E-state index is 12.7. The molecule has 0 aliphatic heterocycles. The number of ether oxygens (including phenoxy) is 3. The number of nitrogens with one attached hydrogen (secondary N) is 1. The number of hydrogen-bond acceptors (Lipinski definition) is 6. The molecule has 178 valence electrons. The van der Waals surface area contributed by atoms with Crippen LogP contribution in [0.1, 0.15) is 11.1 Å². The Hall–Kier alpha value is -4.29. The van der Waals surface area contributed by atoms with E-state index in [0.717, 1.165) is 5.56 Å². The molecule has 0 bridgehead atoms. The van der Waals surface area contributed by atoms with Gasteiger partial charge in [0.2, 0.25) is 0 Å². The van der Waals surface area contributed by atoms with Gasteiger partial charge in [-0.1, -0.05) is 30.3 Å². The molecule has 2 N–H and O–H groups in total. The Bertz CT molecular complexity index is 1270. The van der Waals surface area contributed by atoms with E-state index in [1.54, 1.807) is 30.3 Å². The lowest BCUT2D eigenvalue weighted by molar-refractivity contribution is -0.139. The van der Waals surface area contributed by atoms with E-state index >= 15 is 0 Å². The smallest absolute Gasteiger partial charge is 0.341 e. The Balaban J connectivity index is 1.69. The van der Waals surface area contributed by atoms with Crippen LogP contribution in [0.2, 0.25) is 0 Å². The number of benzene rings is 3. The third kappa shape index (κ3) is 7.35. The van der Waals surface area contributed by atoms with Crippen LogP contribution in [-0.2, 0) is 16.2 Å². The molecule has 3 aromatic rings. The number of anilines is 1. The lowest BCUT2D eigenvalue weighted by atomic mass is 10.1. The number of carboxylic acid groups (broad SMARTS) is 1. The van der Waals surface area contributed by atoms with Gasteiger partial charge in [0.05, 0.1) is 11.6 Å². The van der Waals surface area contributed by atoms with Gasteiger partial charge in [0.1, 0.15) is 24.0 Å². The number of hydrogen-bond donors (Lipinski definition) is 2. The van der Waals surface area contributed by atoms with Gasteiger partial charge in [-0.25, -0.2) is 4.79 Å². The van der Waals surface area contributed by atoms with Crippen LogP contribution in [0.3, 0.4) is 0 Å². The monoisotopic (exact) mass is 536 g/mol. The fourth-order valence-corrected chi connectivity index (χ4v) is 3.56. The molecule has 0 aromatic heterocycles. The minimum absolute atomic E-state index is 0.137. The predicted molar refractivity (Wildman–Crippen MR) is 133 cm³/mol. The quantitative estimate of drug-likeness (QED) is 0.275. The van der Waals surface area contributed by atoms with Crippen molar-refractivity contribution in [3.05, 3.63) is 87.9 Å². The van der Waals surface area contributed by atoms with Crippen molar-refractivity contribution >= 4 is 39.6 Å². The maximum absolute atomic E-state index is 12.7. The van der Waals surface area contributed by atoms with Gasteiger partial charge in [-0.05, 0) is 69.5 Å². The summed E-state index contributed by atoms with van der Waals surface area (Å²) < 4.78 is 16.6. The summed E-state index contributed by atoms with van der Waals surface area (Å²) in [5, 5.41) is 21.0. The van der Waals surface area contributed by atoms with E-state index in [1.165, 1.54) is 19.3 Å². The van der Waals surface area contributed by atoms with Gasteiger partial charge < -0.3 is 24.6 Å². The first-order chi connectivity index (χ1) is 16.9. The number of halogens is 1. The normalized spacial score (nSPS) is 10.7. The molecular weight excluding hydrogens is 516 g/mol. The van der Waals surface area contributed by atoms with E-state index in [4.69, 9.17) is 19.3 Å². The third-order valence-corrected chi connectivity index (χ3v) is 5.22. The van der Waals surface area contributed by atoms with E-state index in [1.807, 2.05) is 36.4 Å². The molecular formula is C26H21BrN2O6. The molecule has 0 fully saturated rings. The second kappa shape index (κ2) is 12.3. The SMILES string of the molecule is COc1cc(/C=C(\C#N)C(=O)Nc2ccc(OCc3ccccc3)cc2)cc(Br)c1OCC(=O)O. The molecule has 0 heterocycles. The number of carbonyl (C=O) groups excluding carboxylic acids is 1. The van der Waals surface area contributed by atoms with Crippen molar-refractivity contribution in [2.24, 2.45) is 0 Å². The maximum Gasteiger partial charge on any atom is 0.341 e. The predicted octanol–water partition coefficient (Wildman–Crippen LogP) is 5.05. The Morgan fingerprint density at radius 3 is 2.43 bits per heavy atom. The molecule has 0 aliphatic rings. The summed E-state index contributed by atoms with van der Waals surface area (Å²) >= 11 is 3.30. The summed E-state index contributed by atoms with van der Waals surface area (Å²) in [6.07, 6.45) is 1.39. The highest BCUT2D eigenvalue weighted by molar-refractivity contribution is 9.10. The molecule has 0 radical (unpaired) electrons. The Kier molecular flexibility index (Phi) is 8.87. The van der Waals surface area contributed by atoms with Crippen LogP contribution in [0.15, 0.2) is 76.8 Å². The van der Waals surface area contributed by atoms with Crippen LogP contribution in [0.4, 0.5) is 5.69 Å². The minimum atomic E-state index is -1.14. The van der Waals surface area contributed by atoms with Crippen molar-refractivity contribution < 1.29 is 28.9 Å². The van der Waals surface area contributed by atoms with Gasteiger partial charge in [0, 0.05) is 5.69 Å². The van der Waals surface area contributed by atoms with Crippen LogP contribution < -0.4 is 19.5 Å². The number of carboxylic acids is 1. The Labute approximate surface area is 210 Å². The van der Waals surface area contributed by atoms with Crippen molar-refractivity contribution in [3.63, 3.8) is 0 Å². The third-order valence-electron chi connectivity index (χ3n) is 4.63. The van der Waals surface area contributed by atoms with E-state index < -0.39 is 18.5 Å². The van der Waals surface area contributed by atoms with Gasteiger partial charge in [-0.15, -0.1) is 0 Å². The van der Waals surface area contributed by atoms with Crippen LogP contribution in [0, 0.1) is 11.3 Å². The van der Waals surface area contributed by atoms with Crippen LogP contribution in [0.5, 0.6) is 17.2 Å². The molecule has 1 amide bonds. The first kappa shape index (κ1) is 25.3. The van der Waals surface area contributed by atoms with Gasteiger partial charge in [0.25, 0.3) is 5.91 Å². The van der Waals surface area contributed by atoms with Crippen molar-refractivity contribution in [2.45, 2.75) is 6.61 Å². The topological polar surface area (TPSA) is 118 Å². The number of methoxy groups -OCH3 is 1. The first-order valence-corrected chi connectivity index (χ1v) is 11.1. The summed E-state index contributed by atoms with van der Waals surface area (Å²) in [6.45, 7) is -0.126. The van der Waals surface area contributed by atoms with E-state index in [2.05, 4.69) is 21.2 Å². The molecule has 0 atom stereocenters.